The van der Waals surface area contributed by atoms with Gasteiger partial charge in [-0.15, -0.1) is 11.3 Å². The highest BCUT2D eigenvalue weighted by Crippen LogP contribution is 2.32. The number of piperidine rings is 1. The molecule has 148 valence electrons. The first kappa shape index (κ1) is 20.5. The Balaban J connectivity index is 1.86. The molecule has 1 aliphatic rings. The molecule has 0 atom stereocenters. The largest absolute Gasteiger partial charge is 0.332 e. The van der Waals surface area contributed by atoms with Crippen LogP contribution in [0, 0.1) is 0 Å². The third-order valence-corrected chi connectivity index (χ3v) is 6.21. The molecule has 3 heterocycles. The highest BCUT2D eigenvalue weighted by molar-refractivity contribution is 9.10. The highest BCUT2D eigenvalue weighted by atomic mass is 79.9. The second-order valence-corrected chi connectivity index (χ2v) is 9.98. The second-order valence-electron chi connectivity index (χ2n) is 8.27. The van der Waals surface area contributed by atoms with Crippen LogP contribution in [0.5, 0.6) is 0 Å². The Kier molecular flexibility index (Phi) is 6.08. The predicted molar refractivity (Wildman–Crippen MR) is 113 cm³/mol. The fourth-order valence-electron chi connectivity index (χ4n) is 3.36. The number of rotatable bonds is 4. The number of amides is 1. The molecule has 0 spiro atoms. The van der Waals surface area contributed by atoms with Gasteiger partial charge in [0.2, 0.25) is 0 Å². The van der Waals surface area contributed by atoms with Gasteiger partial charge in [-0.3, -0.25) is 9.48 Å². The van der Waals surface area contributed by atoms with Gasteiger partial charge in [0.25, 0.3) is 5.91 Å². The smallest absolute Gasteiger partial charge is 0.273 e. The second kappa shape index (κ2) is 8.01. The van der Waals surface area contributed by atoms with Crippen molar-refractivity contribution < 1.29 is 4.79 Å². The predicted octanol–water partition coefficient (Wildman–Crippen LogP) is 4.13. The lowest BCUT2D eigenvalue weighted by Crippen LogP contribution is -2.49. The van der Waals surface area contributed by atoms with Gasteiger partial charge in [-0.1, -0.05) is 0 Å². The summed E-state index contributed by atoms with van der Waals surface area (Å²) in [5.74, 6) is 0.0192. The summed E-state index contributed by atoms with van der Waals surface area (Å²) in [7, 11) is 0. The summed E-state index contributed by atoms with van der Waals surface area (Å²) in [6, 6.07) is 0.424. The number of thiazole rings is 1. The van der Waals surface area contributed by atoms with Gasteiger partial charge in [-0.05, 0) is 76.5 Å². The van der Waals surface area contributed by atoms with Crippen LogP contribution in [0.25, 0.3) is 10.7 Å². The van der Waals surface area contributed by atoms with Gasteiger partial charge in [-0.2, -0.15) is 5.10 Å². The molecule has 1 aliphatic heterocycles. The van der Waals surface area contributed by atoms with Crippen molar-refractivity contribution in [3.63, 3.8) is 0 Å². The Hall–Kier alpha value is -1.25. The molecule has 2 aromatic heterocycles. The van der Waals surface area contributed by atoms with E-state index in [9.17, 15) is 4.79 Å². The van der Waals surface area contributed by atoms with Crippen LogP contribution in [0.1, 0.15) is 57.9 Å². The van der Waals surface area contributed by atoms with E-state index < -0.39 is 0 Å². The summed E-state index contributed by atoms with van der Waals surface area (Å²) >= 11 is 5.06. The molecule has 1 fully saturated rings. The van der Waals surface area contributed by atoms with Gasteiger partial charge in [0.05, 0.1) is 10.0 Å². The van der Waals surface area contributed by atoms with Crippen LogP contribution >= 0.6 is 27.3 Å². The van der Waals surface area contributed by atoms with Crippen molar-refractivity contribution in [1.82, 2.24) is 25.0 Å². The van der Waals surface area contributed by atoms with Crippen molar-refractivity contribution >= 4 is 33.2 Å². The third kappa shape index (κ3) is 4.43. The van der Waals surface area contributed by atoms with Crippen molar-refractivity contribution in [2.45, 2.75) is 65.1 Å². The molecule has 6 nitrogen and oxygen atoms in total. The summed E-state index contributed by atoms with van der Waals surface area (Å²) in [6.45, 7) is 12.4. The molecule has 3 rings (SSSR count). The van der Waals surface area contributed by atoms with Gasteiger partial charge in [-0.25, -0.2) is 4.98 Å². The Bertz CT molecular complexity index is 801. The monoisotopic (exact) mass is 453 g/mol. The van der Waals surface area contributed by atoms with Crippen LogP contribution in [0.4, 0.5) is 0 Å². The topological polar surface area (TPSA) is 63.1 Å². The van der Waals surface area contributed by atoms with E-state index in [1.54, 1.807) is 0 Å². The Labute approximate surface area is 173 Å². The minimum absolute atomic E-state index is 0.0192. The van der Waals surface area contributed by atoms with E-state index in [2.05, 4.69) is 65.9 Å². The zero-order valence-electron chi connectivity index (χ0n) is 16.6. The molecule has 0 saturated carbocycles. The zero-order chi connectivity index (χ0) is 19.8. The number of halogens is 1. The number of nitrogens with zero attached hydrogens (tertiary/aromatic N) is 4. The minimum Gasteiger partial charge on any atom is -0.332 e. The van der Waals surface area contributed by atoms with E-state index in [1.807, 2.05) is 21.2 Å². The SMILES string of the molecule is CC(C)N(C(=O)c1csc(-c2nn(C(C)(C)C)cc2Br)n1)C1CCNCC1. The number of hydrogen-bond donors (Lipinski definition) is 1. The fraction of sp³-hybridized carbons (Fsp3) is 0.632. The van der Waals surface area contributed by atoms with Crippen LogP contribution in [-0.4, -0.2) is 50.7 Å². The van der Waals surface area contributed by atoms with Crippen LogP contribution in [0.2, 0.25) is 0 Å². The van der Waals surface area contributed by atoms with E-state index in [0.29, 0.717) is 5.69 Å². The van der Waals surface area contributed by atoms with Gasteiger partial charge in [0.15, 0.2) is 0 Å². The lowest BCUT2D eigenvalue weighted by Gasteiger charge is -2.37. The molecule has 1 N–H and O–H groups in total. The van der Waals surface area contributed by atoms with Crippen molar-refractivity contribution in [2.75, 3.05) is 13.1 Å². The average Bonchev–Trinajstić information content (AvgIpc) is 3.21. The molecule has 0 unspecified atom stereocenters. The fourth-order valence-corrected chi connectivity index (χ4v) is 4.74. The lowest BCUT2D eigenvalue weighted by molar-refractivity contribution is 0.0560. The Morgan fingerprint density at radius 1 is 1.37 bits per heavy atom. The number of aromatic nitrogens is 3. The number of carbonyl (C=O) groups is 1. The average molecular weight is 454 g/mol. The summed E-state index contributed by atoms with van der Waals surface area (Å²) in [5, 5.41) is 10.7. The molecule has 2 aromatic rings. The normalized spacial score (nSPS) is 16.1. The molecule has 0 bridgehead atoms. The van der Waals surface area contributed by atoms with E-state index in [-0.39, 0.29) is 23.5 Å². The standard InChI is InChI=1S/C19H28BrN5OS/c1-12(2)25(13-6-8-21-9-7-13)18(26)15-11-27-17(22-15)16-14(20)10-24(23-16)19(3,4)5/h10-13,21H,6-9H2,1-5H3. The van der Waals surface area contributed by atoms with E-state index in [0.717, 1.165) is 41.1 Å². The molecular formula is C19H28BrN5OS. The maximum Gasteiger partial charge on any atom is 0.273 e. The van der Waals surface area contributed by atoms with Crippen molar-refractivity contribution in [3.8, 4) is 10.7 Å². The molecule has 0 aromatic carbocycles. The van der Waals surface area contributed by atoms with E-state index in [4.69, 9.17) is 0 Å². The van der Waals surface area contributed by atoms with Gasteiger partial charge in [0, 0.05) is 23.7 Å². The Morgan fingerprint density at radius 3 is 2.59 bits per heavy atom. The molecule has 0 radical (unpaired) electrons. The van der Waals surface area contributed by atoms with Crippen molar-refractivity contribution in [1.29, 1.82) is 0 Å². The quantitative estimate of drug-likeness (QED) is 0.755. The van der Waals surface area contributed by atoms with E-state index >= 15 is 0 Å². The molecule has 8 heteroatoms. The minimum atomic E-state index is -0.111. The first-order valence-electron chi connectivity index (χ1n) is 9.43. The van der Waals surface area contributed by atoms with Gasteiger partial charge in [0.1, 0.15) is 16.4 Å². The van der Waals surface area contributed by atoms with E-state index in [1.165, 1.54) is 11.3 Å². The first-order valence-corrected chi connectivity index (χ1v) is 11.1. The number of nitrogens with one attached hydrogen (secondary N) is 1. The number of carbonyl (C=O) groups excluding carboxylic acids is 1. The molecule has 1 amide bonds. The molecule has 1 saturated heterocycles. The van der Waals surface area contributed by atoms with Gasteiger partial charge >= 0.3 is 0 Å². The third-order valence-electron chi connectivity index (χ3n) is 4.78. The van der Waals surface area contributed by atoms with Crippen LogP contribution < -0.4 is 5.32 Å². The summed E-state index contributed by atoms with van der Waals surface area (Å²) in [4.78, 5) is 19.8. The number of hydrogen-bond acceptors (Lipinski definition) is 5. The Morgan fingerprint density at radius 2 is 2.04 bits per heavy atom. The van der Waals surface area contributed by atoms with Gasteiger partial charge < -0.3 is 10.2 Å². The summed E-state index contributed by atoms with van der Waals surface area (Å²) in [5.41, 5.74) is 1.19. The summed E-state index contributed by atoms with van der Waals surface area (Å²) < 4.78 is 2.81. The zero-order valence-corrected chi connectivity index (χ0v) is 19.0. The maximum atomic E-state index is 13.2. The van der Waals surface area contributed by atoms with Crippen molar-refractivity contribution in [3.05, 3.63) is 21.7 Å². The highest BCUT2D eigenvalue weighted by Gasteiger charge is 2.30. The van der Waals surface area contributed by atoms with Crippen LogP contribution in [-0.2, 0) is 5.54 Å². The lowest BCUT2D eigenvalue weighted by atomic mass is 10.0. The molecule has 0 aliphatic carbocycles. The summed E-state index contributed by atoms with van der Waals surface area (Å²) in [6.07, 6.45) is 3.94. The molecule has 27 heavy (non-hydrogen) atoms. The van der Waals surface area contributed by atoms with Crippen molar-refractivity contribution in [2.24, 2.45) is 0 Å². The van der Waals surface area contributed by atoms with Crippen LogP contribution in [0.3, 0.4) is 0 Å². The molecular weight excluding hydrogens is 426 g/mol. The van der Waals surface area contributed by atoms with Crippen LogP contribution in [0.15, 0.2) is 16.0 Å². The maximum absolute atomic E-state index is 13.2. The first-order chi connectivity index (χ1) is 12.7.